The smallest absolute Gasteiger partial charge is 0.162 e. The molecule has 1 aliphatic carbocycles. The first-order chi connectivity index (χ1) is 14.1. The van der Waals surface area contributed by atoms with Crippen molar-refractivity contribution in [2.24, 2.45) is 0 Å². The number of anilines is 1. The van der Waals surface area contributed by atoms with Gasteiger partial charge in [-0.05, 0) is 42.2 Å². The molecule has 29 heavy (non-hydrogen) atoms. The van der Waals surface area contributed by atoms with E-state index in [4.69, 9.17) is 18.9 Å². The maximum atomic E-state index is 13.0. The number of rotatable bonds is 5. The highest BCUT2D eigenvalue weighted by Gasteiger charge is 2.36. The fraction of sp³-hybridized carbons (Fsp3) is 0.348. The summed E-state index contributed by atoms with van der Waals surface area (Å²) in [5.74, 6) is 2.53. The first kappa shape index (κ1) is 19.2. The number of methoxy groups -OCH3 is 4. The Bertz CT molecular complexity index is 995. The second-order valence-corrected chi connectivity index (χ2v) is 7.14. The van der Waals surface area contributed by atoms with Gasteiger partial charge in [-0.2, -0.15) is 0 Å². The van der Waals surface area contributed by atoms with Crippen LogP contribution in [0.5, 0.6) is 23.0 Å². The number of fused-ring (bicyclic) bond motifs is 1. The minimum absolute atomic E-state index is 0.180. The number of Topliss-reactive ketones (excluding diaryl/α,β-unsaturated/α-hetero) is 1. The molecule has 0 bridgehead atoms. The summed E-state index contributed by atoms with van der Waals surface area (Å²) in [6.07, 6.45) is 2.26. The van der Waals surface area contributed by atoms with Crippen LogP contribution in [0.3, 0.4) is 0 Å². The van der Waals surface area contributed by atoms with Gasteiger partial charge in [0.25, 0.3) is 0 Å². The van der Waals surface area contributed by atoms with E-state index in [0.717, 1.165) is 40.9 Å². The average Bonchev–Trinajstić information content (AvgIpc) is 2.76. The van der Waals surface area contributed by atoms with Crippen LogP contribution in [-0.4, -0.2) is 34.2 Å². The van der Waals surface area contributed by atoms with Crippen LogP contribution in [0.1, 0.15) is 36.3 Å². The van der Waals surface area contributed by atoms with Crippen molar-refractivity contribution in [1.82, 2.24) is 0 Å². The zero-order valence-corrected chi connectivity index (χ0v) is 17.1. The van der Waals surface area contributed by atoms with Crippen LogP contribution in [0.2, 0.25) is 0 Å². The van der Waals surface area contributed by atoms with Crippen molar-refractivity contribution < 1.29 is 23.7 Å². The lowest BCUT2D eigenvalue weighted by Gasteiger charge is -2.34. The van der Waals surface area contributed by atoms with E-state index in [0.29, 0.717) is 29.4 Å². The lowest BCUT2D eigenvalue weighted by atomic mass is 9.75. The van der Waals surface area contributed by atoms with E-state index in [-0.39, 0.29) is 11.7 Å². The topological polar surface area (TPSA) is 66.0 Å². The highest BCUT2D eigenvalue weighted by Crippen LogP contribution is 2.49. The van der Waals surface area contributed by atoms with Gasteiger partial charge in [0.05, 0.1) is 28.4 Å². The molecular formula is C23H25NO5. The van der Waals surface area contributed by atoms with Gasteiger partial charge in [-0.25, -0.2) is 0 Å². The van der Waals surface area contributed by atoms with Gasteiger partial charge in [0, 0.05) is 35.4 Å². The third-order valence-corrected chi connectivity index (χ3v) is 5.64. The van der Waals surface area contributed by atoms with E-state index in [1.807, 2.05) is 30.3 Å². The molecule has 0 aromatic heterocycles. The zero-order valence-electron chi connectivity index (χ0n) is 17.1. The number of hydrogen-bond acceptors (Lipinski definition) is 6. The lowest BCUT2D eigenvalue weighted by Crippen LogP contribution is -2.27. The van der Waals surface area contributed by atoms with Crippen molar-refractivity contribution in [3.63, 3.8) is 0 Å². The molecule has 0 amide bonds. The van der Waals surface area contributed by atoms with Crippen LogP contribution in [0, 0.1) is 0 Å². The Balaban J connectivity index is 1.94. The molecule has 1 aliphatic heterocycles. The van der Waals surface area contributed by atoms with Gasteiger partial charge in [-0.1, -0.05) is 6.07 Å². The molecule has 0 fully saturated rings. The highest BCUT2D eigenvalue weighted by atomic mass is 16.5. The van der Waals surface area contributed by atoms with Gasteiger partial charge >= 0.3 is 0 Å². The molecule has 2 aromatic carbocycles. The molecule has 6 heteroatoms. The van der Waals surface area contributed by atoms with Crippen molar-refractivity contribution in [3.8, 4) is 23.0 Å². The van der Waals surface area contributed by atoms with Crippen molar-refractivity contribution >= 4 is 11.5 Å². The second kappa shape index (κ2) is 7.70. The summed E-state index contributed by atoms with van der Waals surface area (Å²) >= 11 is 0. The zero-order chi connectivity index (χ0) is 20.5. The maximum absolute atomic E-state index is 13.0. The Labute approximate surface area is 170 Å². The van der Waals surface area contributed by atoms with Crippen LogP contribution < -0.4 is 24.3 Å². The van der Waals surface area contributed by atoms with Crippen molar-refractivity contribution in [1.29, 1.82) is 0 Å². The van der Waals surface area contributed by atoms with Gasteiger partial charge in [-0.15, -0.1) is 0 Å². The van der Waals surface area contributed by atoms with Crippen molar-refractivity contribution in [3.05, 3.63) is 52.7 Å². The van der Waals surface area contributed by atoms with Crippen LogP contribution in [0.15, 0.2) is 41.6 Å². The van der Waals surface area contributed by atoms with E-state index < -0.39 is 0 Å². The van der Waals surface area contributed by atoms with E-state index in [2.05, 4.69) is 5.32 Å². The first-order valence-electron chi connectivity index (χ1n) is 9.62. The molecule has 1 N–H and O–H groups in total. The summed E-state index contributed by atoms with van der Waals surface area (Å²) in [5, 5.41) is 3.47. The Morgan fingerprint density at radius 2 is 1.48 bits per heavy atom. The summed E-state index contributed by atoms with van der Waals surface area (Å²) < 4.78 is 21.9. The first-order valence-corrected chi connectivity index (χ1v) is 9.62. The Kier molecular flexibility index (Phi) is 5.09. The Morgan fingerprint density at radius 3 is 2.17 bits per heavy atom. The molecule has 0 unspecified atom stereocenters. The molecule has 0 saturated heterocycles. The third kappa shape index (κ3) is 3.18. The summed E-state index contributed by atoms with van der Waals surface area (Å²) in [6, 6.07) is 9.70. The number of hydrogen-bond donors (Lipinski definition) is 1. The predicted molar refractivity (Wildman–Crippen MR) is 110 cm³/mol. The van der Waals surface area contributed by atoms with Gasteiger partial charge in [-0.3, -0.25) is 4.79 Å². The number of ether oxygens (including phenoxy) is 4. The number of benzene rings is 2. The minimum Gasteiger partial charge on any atom is -0.493 e. The number of ketones is 1. The molecule has 2 aromatic rings. The Hall–Kier alpha value is -3.15. The largest absolute Gasteiger partial charge is 0.493 e. The quantitative estimate of drug-likeness (QED) is 0.815. The molecule has 1 heterocycles. The van der Waals surface area contributed by atoms with Crippen LogP contribution in [0.4, 0.5) is 5.69 Å². The average molecular weight is 395 g/mol. The van der Waals surface area contributed by atoms with Gasteiger partial charge < -0.3 is 24.3 Å². The van der Waals surface area contributed by atoms with Gasteiger partial charge in [0.15, 0.2) is 28.8 Å². The van der Waals surface area contributed by atoms with Crippen LogP contribution in [-0.2, 0) is 4.79 Å². The summed E-state index contributed by atoms with van der Waals surface area (Å²) in [5.41, 5.74) is 4.68. The van der Waals surface area contributed by atoms with Crippen molar-refractivity contribution in [2.45, 2.75) is 25.2 Å². The van der Waals surface area contributed by atoms with Crippen molar-refractivity contribution in [2.75, 3.05) is 33.8 Å². The molecule has 4 rings (SSSR count). The molecule has 152 valence electrons. The number of carbonyl (C=O) groups is 1. The van der Waals surface area contributed by atoms with Gasteiger partial charge in [0.1, 0.15) is 0 Å². The standard InChI is InChI=1S/C23H25NO5/c1-26-18-9-8-13(10-19(18)27-2)22-14-11-20(28-3)21(29-4)12-16(14)24-15-6-5-7-17(25)23(15)22/h8-12,22,24H,5-7H2,1-4H3/t22-/m1/s1. The van der Waals surface area contributed by atoms with E-state index >= 15 is 0 Å². The van der Waals surface area contributed by atoms with Gasteiger partial charge in [0.2, 0.25) is 0 Å². The van der Waals surface area contributed by atoms with Crippen LogP contribution >= 0.6 is 0 Å². The minimum atomic E-state index is -0.214. The fourth-order valence-corrected chi connectivity index (χ4v) is 4.27. The molecule has 0 radical (unpaired) electrons. The molecule has 2 aliphatic rings. The molecule has 0 spiro atoms. The SMILES string of the molecule is COc1ccc([C@H]2C3=C(CCCC3=O)Nc3cc(OC)c(OC)cc32)cc1OC. The number of nitrogens with one attached hydrogen (secondary N) is 1. The normalized spacial score (nSPS) is 17.8. The monoisotopic (exact) mass is 395 g/mol. The number of allylic oxidation sites excluding steroid dienone is 2. The van der Waals surface area contributed by atoms with E-state index in [1.165, 1.54) is 0 Å². The number of carbonyl (C=O) groups excluding carboxylic acids is 1. The predicted octanol–water partition coefficient (Wildman–Crippen LogP) is 4.29. The molecular weight excluding hydrogens is 370 g/mol. The lowest BCUT2D eigenvalue weighted by molar-refractivity contribution is -0.116. The molecule has 1 atom stereocenters. The second-order valence-electron chi connectivity index (χ2n) is 7.14. The highest BCUT2D eigenvalue weighted by molar-refractivity contribution is 6.01. The third-order valence-electron chi connectivity index (χ3n) is 5.64. The van der Waals surface area contributed by atoms with E-state index in [1.54, 1.807) is 28.4 Å². The Morgan fingerprint density at radius 1 is 0.828 bits per heavy atom. The molecule has 6 nitrogen and oxygen atoms in total. The van der Waals surface area contributed by atoms with E-state index in [9.17, 15) is 4.79 Å². The molecule has 0 saturated carbocycles. The summed E-state index contributed by atoms with van der Waals surface area (Å²) in [4.78, 5) is 13.0. The maximum Gasteiger partial charge on any atom is 0.162 e. The fourth-order valence-electron chi connectivity index (χ4n) is 4.27. The summed E-state index contributed by atoms with van der Waals surface area (Å²) in [6.45, 7) is 0. The van der Waals surface area contributed by atoms with Crippen LogP contribution in [0.25, 0.3) is 0 Å². The summed E-state index contributed by atoms with van der Waals surface area (Å²) in [7, 11) is 6.46.